The quantitative estimate of drug-likeness (QED) is 0.382. The van der Waals surface area contributed by atoms with Crippen LogP contribution in [0.3, 0.4) is 0 Å². The highest BCUT2D eigenvalue weighted by molar-refractivity contribution is 6.30. The molecule has 4 aromatic rings. The maximum atomic E-state index is 13.5. The molecular weight excluding hydrogens is 386 g/mol. The van der Waals surface area contributed by atoms with Crippen LogP contribution in [0.15, 0.2) is 63.6 Å². The molecule has 5 heteroatoms. The summed E-state index contributed by atoms with van der Waals surface area (Å²) in [6.45, 7) is 6.77. The Bertz CT molecular complexity index is 1170. The summed E-state index contributed by atoms with van der Waals surface area (Å²) in [5, 5.41) is 1.61. The van der Waals surface area contributed by atoms with Crippen molar-refractivity contribution in [2.45, 2.75) is 33.9 Å². The van der Waals surface area contributed by atoms with Gasteiger partial charge in [0.05, 0.1) is 12.8 Å². The van der Waals surface area contributed by atoms with Crippen molar-refractivity contribution in [1.29, 1.82) is 0 Å². The van der Waals surface area contributed by atoms with Crippen LogP contribution in [0.4, 0.5) is 0 Å². The van der Waals surface area contributed by atoms with E-state index in [2.05, 4.69) is 13.0 Å². The summed E-state index contributed by atoms with van der Waals surface area (Å²) in [5.74, 6) is 0.893. The standard InChI is InChI=1S/C24H22ClNO3/c1-15-10-21-17(3)23(29-22(21)11-16(15)2)24(27)26(14-20-8-5-9-28-20)13-18-6-4-7-19(25)12-18/h4-12H,13-14H2,1-3H3. The Kier molecular flexibility index (Phi) is 5.20. The van der Waals surface area contributed by atoms with Crippen molar-refractivity contribution in [1.82, 2.24) is 4.90 Å². The zero-order valence-electron chi connectivity index (χ0n) is 16.7. The molecule has 1 amide bonds. The van der Waals surface area contributed by atoms with E-state index in [0.717, 1.165) is 27.7 Å². The largest absolute Gasteiger partial charge is 0.467 e. The molecule has 4 nitrogen and oxygen atoms in total. The van der Waals surface area contributed by atoms with Gasteiger partial charge in [-0.2, -0.15) is 0 Å². The number of furan rings is 2. The lowest BCUT2D eigenvalue weighted by Gasteiger charge is -2.21. The second-order valence-corrected chi connectivity index (χ2v) is 7.80. The van der Waals surface area contributed by atoms with Gasteiger partial charge in [0.15, 0.2) is 5.76 Å². The van der Waals surface area contributed by atoms with E-state index in [1.165, 1.54) is 5.56 Å². The van der Waals surface area contributed by atoms with Gasteiger partial charge in [0, 0.05) is 22.5 Å². The van der Waals surface area contributed by atoms with Crippen molar-refractivity contribution in [2.24, 2.45) is 0 Å². The van der Waals surface area contributed by atoms with E-state index in [-0.39, 0.29) is 5.91 Å². The Morgan fingerprint density at radius 2 is 1.79 bits per heavy atom. The molecule has 0 fully saturated rings. The van der Waals surface area contributed by atoms with E-state index in [0.29, 0.717) is 29.6 Å². The van der Waals surface area contributed by atoms with Gasteiger partial charge in [0.1, 0.15) is 11.3 Å². The van der Waals surface area contributed by atoms with Gasteiger partial charge < -0.3 is 13.7 Å². The van der Waals surface area contributed by atoms with Gasteiger partial charge >= 0.3 is 0 Å². The minimum Gasteiger partial charge on any atom is -0.467 e. The first-order valence-corrected chi connectivity index (χ1v) is 9.86. The molecule has 0 radical (unpaired) electrons. The van der Waals surface area contributed by atoms with E-state index in [4.69, 9.17) is 20.4 Å². The van der Waals surface area contributed by atoms with Gasteiger partial charge in [-0.05, 0) is 73.9 Å². The zero-order valence-corrected chi connectivity index (χ0v) is 17.4. The topological polar surface area (TPSA) is 46.6 Å². The lowest BCUT2D eigenvalue weighted by Crippen LogP contribution is -2.30. The minimum atomic E-state index is -0.176. The number of amides is 1. The number of rotatable bonds is 5. The summed E-state index contributed by atoms with van der Waals surface area (Å²) in [4.78, 5) is 15.2. The maximum Gasteiger partial charge on any atom is 0.290 e. The summed E-state index contributed by atoms with van der Waals surface area (Å²) >= 11 is 6.14. The third-order valence-electron chi connectivity index (χ3n) is 5.22. The van der Waals surface area contributed by atoms with E-state index >= 15 is 0 Å². The number of hydrogen-bond donors (Lipinski definition) is 0. The Labute approximate surface area is 174 Å². The van der Waals surface area contributed by atoms with Crippen molar-refractivity contribution in [3.8, 4) is 0 Å². The fraction of sp³-hybridized carbons (Fsp3) is 0.208. The summed E-state index contributed by atoms with van der Waals surface area (Å²) in [5.41, 5.74) is 4.83. The first kappa shape index (κ1) is 19.3. The highest BCUT2D eigenvalue weighted by Gasteiger charge is 2.25. The van der Waals surface area contributed by atoms with Crippen LogP contribution in [0.25, 0.3) is 11.0 Å². The third-order valence-corrected chi connectivity index (χ3v) is 5.46. The molecule has 2 aromatic heterocycles. The monoisotopic (exact) mass is 407 g/mol. The number of carbonyl (C=O) groups excluding carboxylic acids is 1. The van der Waals surface area contributed by atoms with Gasteiger partial charge in [0.25, 0.3) is 5.91 Å². The number of halogens is 1. The summed E-state index contributed by atoms with van der Waals surface area (Å²) in [6.07, 6.45) is 1.61. The second-order valence-electron chi connectivity index (χ2n) is 7.36. The molecule has 0 atom stereocenters. The number of nitrogens with zero attached hydrogens (tertiary/aromatic N) is 1. The summed E-state index contributed by atoms with van der Waals surface area (Å²) < 4.78 is 11.5. The predicted molar refractivity (Wildman–Crippen MR) is 114 cm³/mol. The third kappa shape index (κ3) is 3.94. The van der Waals surface area contributed by atoms with E-state index in [9.17, 15) is 4.79 Å². The molecule has 0 spiro atoms. The molecule has 29 heavy (non-hydrogen) atoms. The SMILES string of the molecule is Cc1cc2oc(C(=O)N(Cc3cccc(Cl)c3)Cc3ccco3)c(C)c2cc1C. The molecule has 0 bridgehead atoms. The van der Waals surface area contributed by atoms with Crippen LogP contribution in [0.1, 0.15) is 38.6 Å². The first-order valence-electron chi connectivity index (χ1n) is 9.49. The average Bonchev–Trinajstić information content (AvgIpc) is 3.30. The molecule has 4 rings (SSSR count). The summed E-state index contributed by atoms with van der Waals surface area (Å²) in [7, 11) is 0. The maximum absolute atomic E-state index is 13.5. The average molecular weight is 408 g/mol. The normalized spacial score (nSPS) is 11.2. The fourth-order valence-corrected chi connectivity index (χ4v) is 3.68. The van der Waals surface area contributed by atoms with Crippen LogP contribution in [-0.2, 0) is 13.1 Å². The lowest BCUT2D eigenvalue weighted by atomic mass is 10.0. The molecule has 0 saturated heterocycles. The van der Waals surface area contributed by atoms with Gasteiger partial charge in [-0.25, -0.2) is 0 Å². The van der Waals surface area contributed by atoms with E-state index < -0.39 is 0 Å². The van der Waals surface area contributed by atoms with Gasteiger partial charge in [-0.3, -0.25) is 4.79 Å². The summed E-state index contributed by atoms with van der Waals surface area (Å²) in [6, 6.07) is 15.2. The first-order chi connectivity index (χ1) is 13.9. The van der Waals surface area contributed by atoms with Gasteiger partial charge in [-0.15, -0.1) is 0 Å². The molecule has 0 aliphatic rings. The molecular formula is C24H22ClNO3. The molecule has 0 aliphatic heterocycles. The minimum absolute atomic E-state index is 0.176. The Balaban J connectivity index is 1.72. The zero-order chi connectivity index (χ0) is 20.5. The van der Waals surface area contributed by atoms with Crippen LogP contribution in [0, 0.1) is 20.8 Å². The van der Waals surface area contributed by atoms with Crippen LogP contribution < -0.4 is 0 Å². The Morgan fingerprint density at radius 1 is 1.00 bits per heavy atom. The molecule has 0 unspecified atom stereocenters. The van der Waals surface area contributed by atoms with Crippen molar-refractivity contribution in [2.75, 3.05) is 0 Å². The highest BCUT2D eigenvalue weighted by Crippen LogP contribution is 2.29. The van der Waals surface area contributed by atoms with Crippen molar-refractivity contribution in [3.63, 3.8) is 0 Å². The van der Waals surface area contributed by atoms with Crippen molar-refractivity contribution < 1.29 is 13.6 Å². The molecule has 148 valence electrons. The highest BCUT2D eigenvalue weighted by atomic mass is 35.5. The second kappa shape index (κ2) is 7.80. The number of benzene rings is 2. The number of aryl methyl sites for hydroxylation is 3. The Morgan fingerprint density at radius 3 is 2.52 bits per heavy atom. The van der Waals surface area contributed by atoms with E-state index in [1.807, 2.05) is 56.3 Å². The van der Waals surface area contributed by atoms with Crippen LogP contribution in [0.5, 0.6) is 0 Å². The molecule has 2 heterocycles. The van der Waals surface area contributed by atoms with E-state index in [1.54, 1.807) is 11.2 Å². The lowest BCUT2D eigenvalue weighted by molar-refractivity contribution is 0.0686. The molecule has 0 N–H and O–H groups in total. The van der Waals surface area contributed by atoms with Gasteiger partial charge in [0.2, 0.25) is 0 Å². The molecule has 0 saturated carbocycles. The van der Waals surface area contributed by atoms with Gasteiger partial charge in [-0.1, -0.05) is 23.7 Å². The predicted octanol–water partition coefficient (Wildman–Crippen LogP) is 6.45. The van der Waals surface area contributed by atoms with Crippen molar-refractivity contribution in [3.05, 3.63) is 93.6 Å². The van der Waals surface area contributed by atoms with Crippen molar-refractivity contribution >= 4 is 28.5 Å². The molecule has 2 aromatic carbocycles. The number of fused-ring (bicyclic) bond motifs is 1. The number of hydrogen-bond acceptors (Lipinski definition) is 3. The van der Waals surface area contributed by atoms with Crippen LogP contribution in [0.2, 0.25) is 5.02 Å². The van der Waals surface area contributed by atoms with Crippen LogP contribution in [-0.4, -0.2) is 10.8 Å². The van der Waals surface area contributed by atoms with Crippen LogP contribution >= 0.6 is 11.6 Å². The number of carbonyl (C=O) groups is 1. The smallest absolute Gasteiger partial charge is 0.290 e. The Hall–Kier alpha value is -2.98. The molecule has 0 aliphatic carbocycles. The fourth-order valence-electron chi connectivity index (χ4n) is 3.47.